The zero-order valence-electron chi connectivity index (χ0n) is 7.89. The highest BCUT2D eigenvalue weighted by Gasteiger charge is 2.17. The Hall–Kier alpha value is -0.410. The van der Waals surface area contributed by atoms with Gasteiger partial charge in [-0.15, -0.1) is 0 Å². The van der Waals surface area contributed by atoms with Gasteiger partial charge in [-0.3, -0.25) is 0 Å². The molecule has 1 heterocycles. The molecule has 1 N–H and O–H groups in total. The lowest BCUT2D eigenvalue weighted by atomic mass is 9.92. The van der Waals surface area contributed by atoms with E-state index in [4.69, 9.17) is 0 Å². The molecular weight excluding hydrogens is 245 g/mol. The van der Waals surface area contributed by atoms with E-state index in [0.717, 1.165) is 29.5 Å². The Kier molecular flexibility index (Phi) is 3.19. The van der Waals surface area contributed by atoms with Crippen LogP contribution in [0.1, 0.15) is 24.3 Å². The highest BCUT2D eigenvalue weighted by molar-refractivity contribution is 9.10. The van der Waals surface area contributed by atoms with Crippen LogP contribution in [0, 0.1) is 5.82 Å². The first-order valence-corrected chi connectivity index (χ1v) is 5.72. The van der Waals surface area contributed by atoms with Gasteiger partial charge >= 0.3 is 0 Å². The van der Waals surface area contributed by atoms with Gasteiger partial charge in [0.15, 0.2) is 0 Å². The van der Waals surface area contributed by atoms with Crippen LogP contribution in [0.4, 0.5) is 4.39 Å². The van der Waals surface area contributed by atoms with Gasteiger partial charge < -0.3 is 5.32 Å². The Morgan fingerprint density at radius 2 is 2.29 bits per heavy atom. The van der Waals surface area contributed by atoms with E-state index >= 15 is 0 Å². The smallest absolute Gasteiger partial charge is 0.123 e. The maximum absolute atomic E-state index is 13.1. The molecule has 0 unspecified atom stereocenters. The molecule has 2 rings (SSSR count). The lowest BCUT2D eigenvalue weighted by Crippen LogP contribution is -2.28. The number of halogens is 2. The van der Waals surface area contributed by atoms with Crippen LogP contribution in [-0.2, 0) is 0 Å². The first-order chi connectivity index (χ1) is 6.77. The number of benzene rings is 1. The average molecular weight is 258 g/mol. The van der Waals surface area contributed by atoms with Gasteiger partial charge in [0, 0.05) is 11.0 Å². The fraction of sp³-hybridized carbons (Fsp3) is 0.455. The largest absolute Gasteiger partial charge is 0.316 e. The summed E-state index contributed by atoms with van der Waals surface area (Å²) >= 11 is 3.47. The predicted octanol–water partition coefficient (Wildman–Crippen LogP) is 3.06. The van der Waals surface area contributed by atoms with Crippen molar-refractivity contribution in [1.29, 1.82) is 0 Å². The summed E-state index contributed by atoms with van der Waals surface area (Å²) in [6, 6.07) is 4.92. The standard InChI is InChI=1S/C11H13BrFN/c12-11-4-3-9(13)6-10(11)8-2-1-5-14-7-8/h3-4,6,8,14H,1-2,5,7H2/t8-/m1/s1. The summed E-state index contributed by atoms with van der Waals surface area (Å²) in [5, 5.41) is 3.34. The molecule has 1 aromatic carbocycles. The number of piperidine rings is 1. The van der Waals surface area contributed by atoms with Crippen LogP contribution in [0.2, 0.25) is 0 Å². The van der Waals surface area contributed by atoms with E-state index in [-0.39, 0.29) is 5.82 Å². The lowest BCUT2D eigenvalue weighted by molar-refractivity contribution is 0.459. The molecule has 1 saturated heterocycles. The van der Waals surface area contributed by atoms with Gasteiger partial charge in [-0.2, -0.15) is 0 Å². The summed E-state index contributed by atoms with van der Waals surface area (Å²) in [5.41, 5.74) is 1.09. The molecule has 0 amide bonds. The molecule has 1 atom stereocenters. The van der Waals surface area contributed by atoms with Crippen LogP contribution < -0.4 is 5.32 Å². The molecule has 1 fully saturated rings. The predicted molar refractivity (Wildman–Crippen MR) is 58.9 cm³/mol. The van der Waals surface area contributed by atoms with Crippen LogP contribution in [0.15, 0.2) is 22.7 Å². The van der Waals surface area contributed by atoms with Crippen molar-refractivity contribution in [2.75, 3.05) is 13.1 Å². The van der Waals surface area contributed by atoms with Crippen molar-refractivity contribution in [1.82, 2.24) is 5.32 Å². The normalized spacial score (nSPS) is 22.3. The summed E-state index contributed by atoms with van der Waals surface area (Å²) in [6.07, 6.45) is 2.32. The zero-order chi connectivity index (χ0) is 9.97. The monoisotopic (exact) mass is 257 g/mol. The summed E-state index contributed by atoms with van der Waals surface area (Å²) in [4.78, 5) is 0. The molecule has 14 heavy (non-hydrogen) atoms. The van der Waals surface area contributed by atoms with Gasteiger partial charge in [0.2, 0.25) is 0 Å². The molecule has 76 valence electrons. The second-order valence-corrected chi connectivity index (χ2v) is 4.56. The topological polar surface area (TPSA) is 12.0 Å². The van der Waals surface area contributed by atoms with Crippen molar-refractivity contribution in [3.8, 4) is 0 Å². The van der Waals surface area contributed by atoms with Crippen molar-refractivity contribution in [2.24, 2.45) is 0 Å². The minimum Gasteiger partial charge on any atom is -0.316 e. The lowest BCUT2D eigenvalue weighted by Gasteiger charge is -2.24. The minimum atomic E-state index is -0.145. The molecular formula is C11H13BrFN. The second-order valence-electron chi connectivity index (χ2n) is 3.71. The quantitative estimate of drug-likeness (QED) is 0.816. The summed E-state index contributed by atoms with van der Waals surface area (Å²) in [7, 11) is 0. The number of rotatable bonds is 1. The first kappa shape index (κ1) is 10.1. The van der Waals surface area contributed by atoms with E-state index in [1.807, 2.05) is 0 Å². The molecule has 1 nitrogen and oxygen atoms in total. The molecule has 1 aliphatic heterocycles. The maximum atomic E-state index is 13.1. The molecule has 0 saturated carbocycles. The van der Waals surface area contributed by atoms with Crippen molar-refractivity contribution >= 4 is 15.9 Å². The van der Waals surface area contributed by atoms with Crippen LogP contribution in [0.5, 0.6) is 0 Å². The van der Waals surface area contributed by atoms with Crippen molar-refractivity contribution in [3.05, 3.63) is 34.1 Å². The Labute approximate surface area is 91.8 Å². The summed E-state index contributed by atoms with van der Waals surface area (Å²) < 4.78 is 14.1. The average Bonchev–Trinajstić information content (AvgIpc) is 2.23. The highest BCUT2D eigenvalue weighted by atomic mass is 79.9. The summed E-state index contributed by atoms with van der Waals surface area (Å²) in [5.74, 6) is 0.308. The van der Waals surface area contributed by atoms with Crippen molar-refractivity contribution in [3.63, 3.8) is 0 Å². The van der Waals surface area contributed by atoms with Crippen molar-refractivity contribution < 1.29 is 4.39 Å². The Bertz CT molecular complexity index is 321. The highest BCUT2D eigenvalue weighted by Crippen LogP contribution is 2.30. The Morgan fingerprint density at radius 1 is 1.43 bits per heavy atom. The molecule has 3 heteroatoms. The molecule has 0 aliphatic carbocycles. The van der Waals surface area contributed by atoms with E-state index in [0.29, 0.717) is 5.92 Å². The van der Waals surface area contributed by atoms with E-state index in [2.05, 4.69) is 21.2 Å². The zero-order valence-corrected chi connectivity index (χ0v) is 9.48. The Morgan fingerprint density at radius 3 is 3.00 bits per heavy atom. The van der Waals surface area contributed by atoms with Gasteiger partial charge in [0.25, 0.3) is 0 Å². The molecule has 0 aromatic heterocycles. The van der Waals surface area contributed by atoms with Gasteiger partial charge in [0.1, 0.15) is 5.82 Å². The molecule has 0 spiro atoms. The second kappa shape index (κ2) is 4.41. The number of hydrogen-bond donors (Lipinski definition) is 1. The van der Waals surface area contributed by atoms with Crippen LogP contribution in [0.25, 0.3) is 0 Å². The van der Waals surface area contributed by atoms with E-state index < -0.39 is 0 Å². The third-order valence-corrected chi connectivity index (χ3v) is 3.42. The maximum Gasteiger partial charge on any atom is 0.123 e. The number of nitrogens with one attached hydrogen (secondary N) is 1. The SMILES string of the molecule is Fc1ccc(Br)c([C@@H]2CCCNC2)c1. The third kappa shape index (κ3) is 2.15. The van der Waals surface area contributed by atoms with Crippen LogP contribution in [-0.4, -0.2) is 13.1 Å². The number of hydrogen-bond acceptors (Lipinski definition) is 1. The van der Waals surface area contributed by atoms with Gasteiger partial charge in [-0.25, -0.2) is 4.39 Å². The minimum absolute atomic E-state index is 0.145. The Balaban J connectivity index is 2.24. The fourth-order valence-electron chi connectivity index (χ4n) is 1.94. The molecule has 1 aliphatic rings. The van der Waals surface area contributed by atoms with E-state index in [1.165, 1.54) is 12.5 Å². The molecule has 0 radical (unpaired) electrons. The first-order valence-electron chi connectivity index (χ1n) is 4.93. The van der Waals surface area contributed by atoms with Gasteiger partial charge in [-0.05, 0) is 49.1 Å². The fourth-order valence-corrected chi connectivity index (χ4v) is 2.52. The van der Waals surface area contributed by atoms with Gasteiger partial charge in [0.05, 0.1) is 0 Å². The van der Waals surface area contributed by atoms with Crippen LogP contribution in [0.3, 0.4) is 0 Å². The summed E-state index contributed by atoms with van der Waals surface area (Å²) in [6.45, 7) is 2.05. The van der Waals surface area contributed by atoms with Crippen molar-refractivity contribution in [2.45, 2.75) is 18.8 Å². The van der Waals surface area contributed by atoms with E-state index in [9.17, 15) is 4.39 Å². The van der Waals surface area contributed by atoms with E-state index in [1.54, 1.807) is 12.1 Å². The van der Waals surface area contributed by atoms with Crippen LogP contribution >= 0.6 is 15.9 Å². The third-order valence-electron chi connectivity index (χ3n) is 2.69. The van der Waals surface area contributed by atoms with Gasteiger partial charge in [-0.1, -0.05) is 15.9 Å². The molecule has 0 bridgehead atoms. The molecule has 1 aromatic rings.